The Bertz CT molecular complexity index is 356. The minimum Gasteiger partial charge on any atom is -0.0871 e. The van der Waals surface area contributed by atoms with Gasteiger partial charge in [0.25, 0.3) is 0 Å². The molecule has 0 saturated heterocycles. The van der Waals surface area contributed by atoms with Crippen LogP contribution in [0.5, 0.6) is 0 Å². The fourth-order valence-corrected chi connectivity index (χ4v) is 1.85. The molecule has 0 aromatic heterocycles. The zero-order chi connectivity index (χ0) is 9.10. The average Bonchev–Trinajstić information content (AvgIpc) is 2.19. The van der Waals surface area contributed by atoms with Gasteiger partial charge < -0.3 is 0 Å². The summed E-state index contributed by atoms with van der Waals surface area (Å²) < 4.78 is 0. The first-order chi connectivity index (χ1) is 6.42. The predicted octanol–water partition coefficient (Wildman–Crippen LogP) is 3.59. The van der Waals surface area contributed by atoms with Crippen molar-refractivity contribution in [3.63, 3.8) is 0 Å². The number of allylic oxidation sites excluding steroid dienone is 4. The highest BCUT2D eigenvalue weighted by atomic mass is 14.1. The summed E-state index contributed by atoms with van der Waals surface area (Å²) in [7, 11) is 0. The first-order valence-corrected chi connectivity index (χ1v) is 4.83. The molecule has 13 heavy (non-hydrogen) atoms. The van der Waals surface area contributed by atoms with Gasteiger partial charge in [0.15, 0.2) is 0 Å². The Hall–Kier alpha value is -1.30. The van der Waals surface area contributed by atoms with Gasteiger partial charge in [0, 0.05) is 0 Å². The number of hydrogen-bond acceptors (Lipinski definition) is 0. The summed E-state index contributed by atoms with van der Waals surface area (Å²) in [5.74, 6) is 0. The molecule has 0 atom stereocenters. The molecule has 1 aromatic carbocycles. The Morgan fingerprint density at radius 1 is 1.23 bits per heavy atom. The highest BCUT2D eigenvalue weighted by Crippen LogP contribution is 2.26. The van der Waals surface area contributed by atoms with Gasteiger partial charge in [-0.25, -0.2) is 0 Å². The van der Waals surface area contributed by atoms with Crippen LogP contribution in [0.15, 0.2) is 42.5 Å². The maximum absolute atomic E-state index is 2.32. The van der Waals surface area contributed by atoms with E-state index in [-0.39, 0.29) is 0 Å². The Morgan fingerprint density at radius 3 is 2.92 bits per heavy atom. The minimum absolute atomic E-state index is 1.18. The smallest absolute Gasteiger partial charge is 0.0155 e. The number of rotatable bonds is 1. The zero-order valence-electron chi connectivity index (χ0n) is 7.96. The van der Waals surface area contributed by atoms with Crippen LogP contribution in [0.2, 0.25) is 0 Å². The second kappa shape index (κ2) is 3.61. The van der Waals surface area contributed by atoms with Crippen molar-refractivity contribution in [3.05, 3.63) is 53.6 Å². The molecule has 0 unspecified atom stereocenters. The molecule has 0 N–H and O–H groups in total. The quantitative estimate of drug-likeness (QED) is 0.604. The molecule has 0 amide bonds. The van der Waals surface area contributed by atoms with Crippen molar-refractivity contribution in [1.29, 1.82) is 0 Å². The minimum atomic E-state index is 1.18. The summed E-state index contributed by atoms with van der Waals surface area (Å²) in [5, 5.41) is 0. The number of fused-ring (bicyclic) bond motifs is 1. The van der Waals surface area contributed by atoms with E-state index in [0.29, 0.717) is 0 Å². The van der Waals surface area contributed by atoms with Gasteiger partial charge in [-0.05, 0) is 36.5 Å². The summed E-state index contributed by atoms with van der Waals surface area (Å²) in [6.07, 6.45) is 8.99. The molecular weight excluding hydrogens is 156 g/mol. The van der Waals surface area contributed by atoms with Crippen LogP contribution in [-0.4, -0.2) is 0 Å². The van der Waals surface area contributed by atoms with Crippen molar-refractivity contribution in [2.45, 2.75) is 19.8 Å². The van der Waals surface area contributed by atoms with Gasteiger partial charge in [0.1, 0.15) is 0 Å². The van der Waals surface area contributed by atoms with E-state index < -0.39 is 0 Å². The van der Waals surface area contributed by atoms with Crippen LogP contribution >= 0.6 is 0 Å². The number of aryl methyl sites for hydroxylation is 1. The lowest BCUT2D eigenvalue weighted by Crippen LogP contribution is -1.97. The molecule has 0 radical (unpaired) electrons. The van der Waals surface area contributed by atoms with Crippen LogP contribution < -0.4 is 0 Å². The summed E-state index contributed by atoms with van der Waals surface area (Å²) in [6.45, 7) is 2.07. The second-order valence-corrected chi connectivity index (χ2v) is 3.36. The van der Waals surface area contributed by atoms with Crippen molar-refractivity contribution in [2.75, 3.05) is 0 Å². The predicted molar refractivity (Wildman–Crippen MR) is 57.6 cm³/mol. The lowest BCUT2D eigenvalue weighted by atomic mass is 9.91. The third-order valence-corrected chi connectivity index (χ3v) is 2.45. The van der Waals surface area contributed by atoms with Gasteiger partial charge in [-0.2, -0.15) is 0 Å². The Balaban J connectivity index is 2.47. The summed E-state index contributed by atoms with van der Waals surface area (Å²) in [6, 6.07) is 8.67. The van der Waals surface area contributed by atoms with Crippen molar-refractivity contribution in [1.82, 2.24) is 0 Å². The lowest BCUT2D eigenvalue weighted by molar-refractivity contribution is 0.979. The van der Waals surface area contributed by atoms with E-state index >= 15 is 0 Å². The van der Waals surface area contributed by atoms with Crippen LogP contribution in [0.1, 0.15) is 24.5 Å². The SMILES string of the molecule is C/C=C/C1=CCCc2ccccc21. The Morgan fingerprint density at radius 2 is 2.08 bits per heavy atom. The van der Waals surface area contributed by atoms with E-state index in [9.17, 15) is 0 Å². The lowest BCUT2D eigenvalue weighted by Gasteiger charge is -2.14. The van der Waals surface area contributed by atoms with Crippen LogP contribution in [-0.2, 0) is 6.42 Å². The number of hydrogen-bond donors (Lipinski definition) is 0. The van der Waals surface area contributed by atoms with Crippen molar-refractivity contribution >= 4 is 5.57 Å². The molecular formula is C13H14. The van der Waals surface area contributed by atoms with E-state index in [0.717, 1.165) is 0 Å². The molecule has 2 rings (SSSR count). The van der Waals surface area contributed by atoms with Gasteiger partial charge in [-0.1, -0.05) is 42.5 Å². The normalized spacial score (nSPS) is 15.6. The topological polar surface area (TPSA) is 0 Å². The molecule has 1 aromatic rings. The van der Waals surface area contributed by atoms with Gasteiger partial charge >= 0.3 is 0 Å². The van der Waals surface area contributed by atoms with Crippen molar-refractivity contribution in [3.8, 4) is 0 Å². The molecule has 0 spiro atoms. The fourth-order valence-electron chi connectivity index (χ4n) is 1.85. The molecule has 0 saturated carbocycles. The first-order valence-electron chi connectivity index (χ1n) is 4.83. The van der Waals surface area contributed by atoms with Crippen LogP contribution in [0.4, 0.5) is 0 Å². The van der Waals surface area contributed by atoms with Gasteiger partial charge in [0.05, 0.1) is 0 Å². The maximum atomic E-state index is 2.32. The summed E-state index contributed by atoms with van der Waals surface area (Å²) in [4.78, 5) is 0. The molecule has 0 heterocycles. The van der Waals surface area contributed by atoms with E-state index in [1.165, 1.54) is 29.5 Å². The first kappa shape index (κ1) is 8.31. The Kier molecular flexibility index (Phi) is 2.31. The van der Waals surface area contributed by atoms with E-state index in [2.05, 4.69) is 49.4 Å². The third-order valence-electron chi connectivity index (χ3n) is 2.45. The van der Waals surface area contributed by atoms with Crippen molar-refractivity contribution < 1.29 is 0 Å². The average molecular weight is 170 g/mol. The monoisotopic (exact) mass is 170 g/mol. The van der Waals surface area contributed by atoms with E-state index in [1.807, 2.05) is 0 Å². The highest BCUT2D eigenvalue weighted by molar-refractivity contribution is 5.77. The van der Waals surface area contributed by atoms with Crippen LogP contribution in [0.3, 0.4) is 0 Å². The fraction of sp³-hybridized carbons (Fsp3) is 0.231. The molecule has 0 fully saturated rings. The van der Waals surface area contributed by atoms with Crippen LogP contribution in [0, 0.1) is 0 Å². The molecule has 0 heteroatoms. The van der Waals surface area contributed by atoms with Crippen molar-refractivity contribution in [2.24, 2.45) is 0 Å². The van der Waals surface area contributed by atoms with Gasteiger partial charge in [0.2, 0.25) is 0 Å². The third kappa shape index (κ3) is 1.57. The van der Waals surface area contributed by atoms with E-state index in [4.69, 9.17) is 0 Å². The summed E-state index contributed by atoms with van der Waals surface area (Å²) in [5.41, 5.74) is 4.27. The van der Waals surface area contributed by atoms with Gasteiger partial charge in [-0.3, -0.25) is 0 Å². The highest BCUT2D eigenvalue weighted by Gasteiger charge is 2.08. The molecule has 66 valence electrons. The number of benzene rings is 1. The van der Waals surface area contributed by atoms with E-state index in [1.54, 1.807) is 0 Å². The molecule has 0 aliphatic heterocycles. The standard InChI is InChI=1S/C13H14/c1-2-6-11-8-5-9-12-7-3-4-10-13(11)12/h2-4,6-8,10H,5,9H2,1H3/b6-2+. The summed E-state index contributed by atoms with van der Waals surface area (Å²) >= 11 is 0. The molecule has 0 bridgehead atoms. The van der Waals surface area contributed by atoms with Gasteiger partial charge in [-0.15, -0.1) is 0 Å². The second-order valence-electron chi connectivity index (χ2n) is 3.36. The molecule has 1 aliphatic rings. The molecule has 0 nitrogen and oxygen atoms in total. The maximum Gasteiger partial charge on any atom is -0.0155 e. The largest absolute Gasteiger partial charge is 0.0871 e. The molecule has 1 aliphatic carbocycles. The zero-order valence-corrected chi connectivity index (χ0v) is 7.96. The Labute approximate surface area is 79.6 Å². The van der Waals surface area contributed by atoms with Crippen LogP contribution in [0.25, 0.3) is 5.57 Å².